The molecule has 7 heteroatoms. The maximum absolute atomic E-state index is 13.0. The van der Waals surface area contributed by atoms with Gasteiger partial charge < -0.3 is 24.5 Å². The van der Waals surface area contributed by atoms with Gasteiger partial charge >= 0.3 is 0 Å². The van der Waals surface area contributed by atoms with E-state index in [0.717, 1.165) is 27.4 Å². The number of hydrogen-bond donors (Lipinski definition) is 2. The van der Waals surface area contributed by atoms with Crippen molar-refractivity contribution in [1.82, 2.24) is 4.98 Å². The highest BCUT2D eigenvalue weighted by Gasteiger charge is 2.19. The van der Waals surface area contributed by atoms with Crippen LogP contribution in [0.25, 0.3) is 21.8 Å². The summed E-state index contributed by atoms with van der Waals surface area (Å²) in [6, 6.07) is 15.1. The maximum atomic E-state index is 13.0. The largest absolute Gasteiger partial charge is 0.493 e. The summed E-state index contributed by atoms with van der Waals surface area (Å²) in [5.74, 6) is 0.901. The number of carbonyl (C=O) groups excluding carboxylic acids is 1. The lowest BCUT2D eigenvalue weighted by Crippen LogP contribution is -2.19. The van der Waals surface area contributed by atoms with Crippen molar-refractivity contribution in [2.75, 3.05) is 26.6 Å². The first-order valence-corrected chi connectivity index (χ1v) is 10.1. The van der Waals surface area contributed by atoms with E-state index in [1.807, 2.05) is 43.3 Å². The Morgan fingerprint density at radius 3 is 2.26 bits per heavy atom. The average Bonchev–Trinajstić information content (AvgIpc) is 3.14. The highest BCUT2D eigenvalue weighted by molar-refractivity contribution is 6.31. The average molecular weight is 439 g/mol. The Hall–Kier alpha value is -3.38. The molecule has 0 bridgehead atoms. The molecule has 0 unspecified atom stereocenters. The first kappa shape index (κ1) is 20.9. The summed E-state index contributed by atoms with van der Waals surface area (Å²) >= 11 is 6.15. The number of fused-ring (bicyclic) bond motifs is 3. The number of amides is 1. The molecule has 6 nitrogen and oxygen atoms in total. The topological polar surface area (TPSA) is 72.6 Å². The Bertz CT molecular complexity index is 1260. The standard InChI is InChI=1S/C24H23ClN2O4/c1-13(24(28)26-16-11-21(29-2)23(31-4)22(12-16)30-3)14-5-7-17-18-10-15(25)6-8-19(18)27-20(17)9-14/h5-13,27H,1-4H3,(H,26,28)/t13-/m0/s1. The van der Waals surface area contributed by atoms with Crippen LogP contribution in [-0.4, -0.2) is 32.2 Å². The molecule has 1 amide bonds. The second kappa shape index (κ2) is 8.40. The van der Waals surface area contributed by atoms with Gasteiger partial charge in [-0.2, -0.15) is 0 Å². The zero-order valence-electron chi connectivity index (χ0n) is 17.7. The number of carbonyl (C=O) groups is 1. The molecule has 2 N–H and O–H groups in total. The van der Waals surface area contributed by atoms with E-state index in [9.17, 15) is 4.79 Å². The molecular formula is C24H23ClN2O4. The van der Waals surface area contributed by atoms with E-state index in [-0.39, 0.29) is 11.8 Å². The smallest absolute Gasteiger partial charge is 0.231 e. The molecule has 0 aliphatic rings. The summed E-state index contributed by atoms with van der Waals surface area (Å²) < 4.78 is 16.1. The first-order chi connectivity index (χ1) is 14.9. The van der Waals surface area contributed by atoms with Crippen LogP contribution in [0.2, 0.25) is 5.02 Å². The van der Waals surface area contributed by atoms with E-state index in [2.05, 4.69) is 10.3 Å². The molecule has 0 saturated heterocycles. The van der Waals surface area contributed by atoms with Gasteiger partial charge in [0, 0.05) is 44.6 Å². The lowest BCUT2D eigenvalue weighted by atomic mass is 9.98. The van der Waals surface area contributed by atoms with E-state index in [4.69, 9.17) is 25.8 Å². The predicted octanol–water partition coefficient (Wildman–Crippen LogP) is 5.74. The summed E-state index contributed by atoms with van der Waals surface area (Å²) in [4.78, 5) is 16.4. The van der Waals surface area contributed by atoms with Crippen molar-refractivity contribution in [3.05, 3.63) is 59.1 Å². The molecule has 0 aliphatic heterocycles. The minimum Gasteiger partial charge on any atom is -0.493 e. The molecule has 1 atom stereocenters. The lowest BCUT2D eigenvalue weighted by molar-refractivity contribution is -0.117. The quantitative estimate of drug-likeness (QED) is 0.402. The third kappa shape index (κ3) is 3.86. The SMILES string of the molecule is COc1cc(NC(=O)[C@@H](C)c2ccc3c(c2)[nH]c2ccc(Cl)cc23)cc(OC)c1OC. The highest BCUT2D eigenvalue weighted by Crippen LogP contribution is 2.40. The molecule has 1 aromatic heterocycles. The fourth-order valence-corrected chi connectivity index (χ4v) is 3.89. The molecule has 0 aliphatic carbocycles. The zero-order valence-corrected chi connectivity index (χ0v) is 18.5. The number of nitrogens with one attached hydrogen (secondary N) is 2. The number of aromatic nitrogens is 1. The van der Waals surface area contributed by atoms with Crippen LogP contribution < -0.4 is 19.5 Å². The Balaban J connectivity index is 1.62. The molecule has 31 heavy (non-hydrogen) atoms. The summed E-state index contributed by atoms with van der Waals surface area (Å²) in [7, 11) is 4.61. The lowest BCUT2D eigenvalue weighted by Gasteiger charge is -2.16. The molecule has 0 radical (unpaired) electrons. The number of hydrogen-bond acceptors (Lipinski definition) is 4. The molecule has 3 aromatic carbocycles. The summed E-state index contributed by atoms with van der Waals surface area (Å²) in [6.07, 6.45) is 0. The van der Waals surface area contributed by atoms with Crippen molar-refractivity contribution in [2.45, 2.75) is 12.8 Å². The molecule has 0 fully saturated rings. The second-order valence-electron chi connectivity index (χ2n) is 7.24. The van der Waals surface area contributed by atoms with Gasteiger partial charge in [-0.05, 0) is 36.8 Å². The Morgan fingerprint density at radius 1 is 0.903 bits per heavy atom. The minimum atomic E-state index is -0.376. The Morgan fingerprint density at radius 2 is 1.61 bits per heavy atom. The van der Waals surface area contributed by atoms with Crippen LogP contribution in [0, 0.1) is 0 Å². The van der Waals surface area contributed by atoms with Crippen molar-refractivity contribution in [1.29, 1.82) is 0 Å². The van der Waals surface area contributed by atoms with Crippen molar-refractivity contribution in [3.63, 3.8) is 0 Å². The number of anilines is 1. The zero-order chi connectivity index (χ0) is 22.1. The van der Waals surface area contributed by atoms with Crippen LogP contribution in [0.15, 0.2) is 48.5 Å². The Labute approximate surface area is 185 Å². The number of ether oxygens (including phenoxy) is 3. The van der Waals surface area contributed by atoms with Crippen LogP contribution in [0.1, 0.15) is 18.4 Å². The van der Waals surface area contributed by atoms with Crippen LogP contribution in [0.4, 0.5) is 5.69 Å². The van der Waals surface area contributed by atoms with Gasteiger partial charge in [0.05, 0.1) is 27.2 Å². The number of benzene rings is 3. The van der Waals surface area contributed by atoms with E-state index in [1.54, 1.807) is 12.1 Å². The van der Waals surface area contributed by atoms with Crippen molar-refractivity contribution < 1.29 is 19.0 Å². The number of methoxy groups -OCH3 is 3. The summed E-state index contributed by atoms with van der Waals surface area (Å²) in [5.41, 5.74) is 3.43. The molecule has 0 saturated carbocycles. The predicted molar refractivity (Wildman–Crippen MR) is 124 cm³/mol. The van der Waals surface area contributed by atoms with E-state index in [0.29, 0.717) is 28.0 Å². The van der Waals surface area contributed by atoms with Gasteiger partial charge in [-0.3, -0.25) is 4.79 Å². The third-order valence-corrected chi connectivity index (χ3v) is 5.65. The molecule has 160 valence electrons. The number of halogens is 1. The van der Waals surface area contributed by atoms with Crippen molar-refractivity contribution in [2.24, 2.45) is 0 Å². The van der Waals surface area contributed by atoms with Crippen LogP contribution in [0.5, 0.6) is 17.2 Å². The molecule has 0 spiro atoms. The van der Waals surface area contributed by atoms with E-state index >= 15 is 0 Å². The Kier molecular flexibility index (Phi) is 5.65. The van der Waals surface area contributed by atoms with Crippen LogP contribution in [0.3, 0.4) is 0 Å². The van der Waals surface area contributed by atoms with E-state index in [1.165, 1.54) is 21.3 Å². The van der Waals surface area contributed by atoms with Gasteiger partial charge in [-0.1, -0.05) is 23.7 Å². The van der Waals surface area contributed by atoms with Crippen molar-refractivity contribution in [3.8, 4) is 17.2 Å². The monoisotopic (exact) mass is 438 g/mol. The van der Waals surface area contributed by atoms with Gasteiger partial charge in [0.2, 0.25) is 11.7 Å². The van der Waals surface area contributed by atoms with Crippen LogP contribution >= 0.6 is 11.6 Å². The molecule has 4 aromatic rings. The highest BCUT2D eigenvalue weighted by atomic mass is 35.5. The minimum absolute atomic E-state index is 0.146. The third-order valence-electron chi connectivity index (χ3n) is 5.41. The molecule has 1 heterocycles. The number of H-pyrrole nitrogens is 1. The molecule has 4 rings (SSSR count). The van der Waals surface area contributed by atoms with Gasteiger partial charge in [-0.15, -0.1) is 0 Å². The normalized spacial score (nSPS) is 12.0. The molecular weight excluding hydrogens is 416 g/mol. The summed E-state index contributed by atoms with van der Waals surface area (Å²) in [5, 5.41) is 5.76. The fraction of sp³-hybridized carbons (Fsp3) is 0.208. The fourth-order valence-electron chi connectivity index (χ4n) is 3.72. The van der Waals surface area contributed by atoms with Crippen molar-refractivity contribution >= 4 is 45.0 Å². The first-order valence-electron chi connectivity index (χ1n) is 9.77. The van der Waals surface area contributed by atoms with Gasteiger partial charge in [0.25, 0.3) is 0 Å². The number of rotatable bonds is 6. The van der Waals surface area contributed by atoms with Gasteiger partial charge in [0.15, 0.2) is 11.5 Å². The van der Waals surface area contributed by atoms with Gasteiger partial charge in [0.1, 0.15) is 0 Å². The van der Waals surface area contributed by atoms with Crippen LogP contribution in [-0.2, 0) is 4.79 Å². The van der Waals surface area contributed by atoms with E-state index < -0.39 is 0 Å². The summed E-state index contributed by atoms with van der Waals surface area (Å²) in [6.45, 7) is 1.87. The number of aromatic amines is 1. The van der Waals surface area contributed by atoms with Gasteiger partial charge in [-0.25, -0.2) is 0 Å². The maximum Gasteiger partial charge on any atom is 0.231 e. The second-order valence-corrected chi connectivity index (χ2v) is 7.68.